The Hall–Kier alpha value is -1.30. The second kappa shape index (κ2) is 8.79. The van der Waals surface area contributed by atoms with Crippen molar-refractivity contribution in [1.29, 1.82) is 0 Å². The minimum absolute atomic E-state index is 0.0766. The summed E-state index contributed by atoms with van der Waals surface area (Å²) in [5, 5.41) is 6.25. The lowest BCUT2D eigenvalue weighted by Gasteiger charge is -2.31. The van der Waals surface area contributed by atoms with Crippen LogP contribution in [0.5, 0.6) is 0 Å². The van der Waals surface area contributed by atoms with Crippen molar-refractivity contribution in [1.82, 2.24) is 15.5 Å². The Labute approximate surface area is 121 Å². The molecule has 0 spiro atoms. The smallest absolute Gasteiger partial charge is 0.409 e. The Bertz CT molecular complexity index is 313. The maximum atomic E-state index is 11.8. The second-order valence-electron chi connectivity index (χ2n) is 5.39. The zero-order valence-corrected chi connectivity index (χ0v) is 12.8. The molecule has 0 radical (unpaired) electrons. The number of carbonyl (C=O) groups excluding carboxylic acids is 2. The molecule has 1 fully saturated rings. The minimum atomic E-state index is -0.251. The highest BCUT2D eigenvalue weighted by molar-refractivity contribution is 5.76. The molecule has 1 aliphatic heterocycles. The van der Waals surface area contributed by atoms with Crippen molar-refractivity contribution in [2.45, 2.75) is 52.1 Å². The molecule has 0 aromatic carbocycles. The molecule has 0 saturated carbocycles. The number of amides is 2. The molecule has 20 heavy (non-hydrogen) atoms. The van der Waals surface area contributed by atoms with Crippen LogP contribution in [0.4, 0.5) is 4.79 Å². The summed E-state index contributed by atoms with van der Waals surface area (Å²) in [5.74, 6) is 0.0766. The van der Waals surface area contributed by atoms with Crippen LogP contribution in [-0.4, -0.2) is 55.2 Å². The van der Waals surface area contributed by atoms with E-state index in [4.69, 9.17) is 4.74 Å². The first kappa shape index (κ1) is 16.8. The number of nitrogens with zero attached hydrogens (tertiary/aromatic N) is 1. The maximum absolute atomic E-state index is 11.8. The topological polar surface area (TPSA) is 70.7 Å². The first-order valence-electron chi connectivity index (χ1n) is 7.47. The number of carbonyl (C=O) groups is 2. The summed E-state index contributed by atoms with van der Waals surface area (Å²) in [6.07, 6.45) is 1.83. The van der Waals surface area contributed by atoms with E-state index < -0.39 is 0 Å². The molecule has 0 aromatic heterocycles. The summed E-state index contributed by atoms with van der Waals surface area (Å²) < 4.78 is 4.96. The number of piperidine rings is 1. The first-order valence-corrected chi connectivity index (χ1v) is 7.47. The Morgan fingerprint density at radius 1 is 1.30 bits per heavy atom. The van der Waals surface area contributed by atoms with Gasteiger partial charge in [0.2, 0.25) is 5.91 Å². The molecule has 2 amide bonds. The third kappa shape index (κ3) is 6.23. The molecular weight excluding hydrogens is 258 g/mol. The van der Waals surface area contributed by atoms with Gasteiger partial charge in [-0.15, -0.1) is 0 Å². The highest BCUT2D eigenvalue weighted by Crippen LogP contribution is 2.11. The Morgan fingerprint density at radius 2 is 1.95 bits per heavy atom. The number of rotatable bonds is 6. The number of hydrogen-bond acceptors (Lipinski definition) is 4. The minimum Gasteiger partial charge on any atom is -0.450 e. The zero-order valence-electron chi connectivity index (χ0n) is 12.8. The fraction of sp³-hybridized carbons (Fsp3) is 0.857. The normalized spacial score (nSPS) is 16.3. The Kier molecular flexibility index (Phi) is 7.36. The molecule has 6 heteroatoms. The molecule has 1 heterocycles. The number of likely N-dealkylation sites (tertiary alicyclic amines) is 1. The van der Waals surface area contributed by atoms with Crippen LogP contribution in [0.1, 0.15) is 40.0 Å². The monoisotopic (exact) mass is 285 g/mol. The van der Waals surface area contributed by atoms with Crippen molar-refractivity contribution in [2.75, 3.05) is 26.2 Å². The van der Waals surface area contributed by atoms with Crippen LogP contribution in [0.3, 0.4) is 0 Å². The average molecular weight is 285 g/mol. The van der Waals surface area contributed by atoms with Gasteiger partial charge in [-0.25, -0.2) is 4.79 Å². The molecule has 0 aromatic rings. The largest absolute Gasteiger partial charge is 0.450 e. The summed E-state index contributed by atoms with van der Waals surface area (Å²) in [7, 11) is 0. The lowest BCUT2D eigenvalue weighted by molar-refractivity contribution is -0.122. The van der Waals surface area contributed by atoms with Gasteiger partial charge in [-0.05, 0) is 19.8 Å². The summed E-state index contributed by atoms with van der Waals surface area (Å²) in [6.45, 7) is 8.31. The summed E-state index contributed by atoms with van der Waals surface area (Å²) in [4.78, 5) is 25.0. The van der Waals surface area contributed by atoms with Crippen LogP contribution in [0.15, 0.2) is 0 Å². The lowest BCUT2D eigenvalue weighted by atomic mass is 10.1. The molecule has 6 nitrogen and oxygen atoms in total. The van der Waals surface area contributed by atoms with E-state index in [1.807, 2.05) is 0 Å². The van der Waals surface area contributed by atoms with E-state index in [1.165, 1.54) is 0 Å². The lowest BCUT2D eigenvalue weighted by Crippen LogP contribution is -2.47. The van der Waals surface area contributed by atoms with Crippen LogP contribution in [0.25, 0.3) is 0 Å². The van der Waals surface area contributed by atoms with Gasteiger partial charge in [0.25, 0.3) is 0 Å². The summed E-state index contributed by atoms with van der Waals surface area (Å²) in [5.41, 5.74) is 0. The molecular formula is C14H27N3O3. The van der Waals surface area contributed by atoms with E-state index in [0.29, 0.717) is 38.7 Å². The number of nitrogens with one attached hydrogen (secondary N) is 2. The van der Waals surface area contributed by atoms with Gasteiger partial charge in [-0.2, -0.15) is 0 Å². The van der Waals surface area contributed by atoms with Crippen molar-refractivity contribution in [3.05, 3.63) is 0 Å². The van der Waals surface area contributed by atoms with Crippen LogP contribution in [0, 0.1) is 0 Å². The molecule has 116 valence electrons. The van der Waals surface area contributed by atoms with Crippen molar-refractivity contribution in [3.8, 4) is 0 Å². The van der Waals surface area contributed by atoms with Crippen LogP contribution in [-0.2, 0) is 9.53 Å². The van der Waals surface area contributed by atoms with Crippen molar-refractivity contribution in [2.24, 2.45) is 0 Å². The number of hydrogen-bond donors (Lipinski definition) is 2. The second-order valence-corrected chi connectivity index (χ2v) is 5.39. The van der Waals surface area contributed by atoms with Gasteiger partial charge in [-0.3, -0.25) is 4.79 Å². The third-order valence-corrected chi connectivity index (χ3v) is 3.29. The summed E-state index contributed by atoms with van der Waals surface area (Å²) >= 11 is 0. The predicted octanol–water partition coefficient (Wildman–Crippen LogP) is 1.11. The van der Waals surface area contributed by atoms with E-state index in [1.54, 1.807) is 11.8 Å². The van der Waals surface area contributed by atoms with Gasteiger partial charge in [-0.1, -0.05) is 13.8 Å². The van der Waals surface area contributed by atoms with E-state index >= 15 is 0 Å². The maximum Gasteiger partial charge on any atom is 0.409 e. The van der Waals surface area contributed by atoms with Gasteiger partial charge >= 0.3 is 6.09 Å². The standard InChI is InChI=1S/C14H27N3O3/c1-4-20-14(19)17-9-6-12(7-10-17)16-13(18)5-8-15-11(2)3/h11-12,15H,4-10H2,1-3H3,(H,16,18). The molecule has 2 N–H and O–H groups in total. The predicted molar refractivity (Wildman–Crippen MR) is 77.5 cm³/mol. The molecule has 0 atom stereocenters. The Balaban J connectivity index is 2.18. The molecule has 1 rings (SSSR count). The van der Waals surface area contributed by atoms with Gasteiger partial charge in [0.05, 0.1) is 6.61 Å². The fourth-order valence-electron chi connectivity index (χ4n) is 2.20. The molecule has 1 saturated heterocycles. The van der Waals surface area contributed by atoms with Gasteiger partial charge in [0.15, 0.2) is 0 Å². The van der Waals surface area contributed by atoms with Gasteiger partial charge < -0.3 is 20.3 Å². The number of ether oxygens (including phenoxy) is 1. The Morgan fingerprint density at radius 3 is 2.50 bits per heavy atom. The van der Waals surface area contributed by atoms with Crippen molar-refractivity contribution >= 4 is 12.0 Å². The van der Waals surface area contributed by atoms with Crippen molar-refractivity contribution < 1.29 is 14.3 Å². The van der Waals surface area contributed by atoms with Crippen molar-refractivity contribution in [3.63, 3.8) is 0 Å². The van der Waals surface area contributed by atoms with Crippen LogP contribution < -0.4 is 10.6 Å². The molecule has 0 aliphatic carbocycles. The average Bonchev–Trinajstić information content (AvgIpc) is 2.39. The van der Waals surface area contributed by atoms with Crippen LogP contribution in [0.2, 0.25) is 0 Å². The first-order chi connectivity index (χ1) is 9.52. The quantitative estimate of drug-likeness (QED) is 0.767. The zero-order chi connectivity index (χ0) is 15.0. The fourth-order valence-corrected chi connectivity index (χ4v) is 2.20. The van der Waals surface area contributed by atoms with Crippen LogP contribution >= 0.6 is 0 Å². The van der Waals surface area contributed by atoms with Gasteiger partial charge in [0, 0.05) is 38.1 Å². The van der Waals surface area contributed by atoms with Gasteiger partial charge in [0.1, 0.15) is 0 Å². The molecule has 0 unspecified atom stereocenters. The highest BCUT2D eigenvalue weighted by atomic mass is 16.6. The van der Waals surface area contributed by atoms with E-state index in [2.05, 4.69) is 24.5 Å². The third-order valence-electron chi connectivity index (χ3n) is 3.29. The van der Waals surface area contributed by atoms with E-state index in [9.17, 15) is 9.59 Å². The summed E-state index contributed by atoms with van der Waals surface area (Å²) in [6, 6.07) is 0.572. The highest BCUT2D eigenvalue weighted by Gasteiger charge is 2.24. The molecule has 0 bridgehead atoms. The van der Waals surface area contributed by atoms with E-state index in [0.717, 1.165) is 12.8 Å². The SMILES string of the molecule is CCOC(=O)N1CCC(NC(=O)CCNC(C)C)CC1. The van der Waals surface area contributed by atoms with E-state index in [-0.39, 0.29) is 18.0 Å². The molecule has 1 aliphatic rings.